The second-order valence-corrected chi connectivity index (χ2v) is 7.84. The largest absolute Gasteiger partial charge is 0.282 e. The molecule has 0 aliphatic carbocycles. The summed E-state index contributed by atoms with van der Waals surface area (Å²) in [6, 6.07) is 20.5. The maximum absolute atomic E-state index is 12.2. The topological polar surface area (TPSA) is 46.5 Å². The van der Waals surface area contributed by atoms with Crippen molar-refractivity contribution in [2.24, 2.45) is 4.40 Å². The van der Waals surface area contributed by atoms with Gasteiger partial charge in [0.2, 0.25) is 0 Å². The van der Waals surface area contributed by atoms with Crippen LogP contribution in [0.15, 0.2) is 76.0 Å². The molecule has 0 fully saturated rings. The lowest BCUT2D eigenvalue weighted by molar-refractivity contribution is 0.598. The number of rotatable bonds is 4. The molecule has 0 spiro atoms. The van der Waals surface area contributed by atoms with Gasteiger partial charge in [-0.2, -0.15) is 12.8 Å². The number of thiophene rings is 1. The Hall–Kier alpha value is -2.24. The van der Waals surface area contributed by atoms with E-state index in [2.05, 4.69) is 4.40 Å². The van der Waals surface area contributed by atoms with E-state index in [0.717, 1.165) is 20.9 Å². The number of sulfonamides is 1. The molecular weight excluding hydrogens is 326 g/mol. The van der Waals surface area contributed by atoms with E-state index in [0.29, 0.717) is 0 Å². The lowest BCUT2D eigenvalue weighted by Gasteiger charge is -1.98. The number of nitrogens with zero attached hydrogens (tertiary/aromatic N) is 1. The first kappa shape index (κ1) is 15.6. The third-order valence-corrected chi connectivity index (χ3v) is 5.64. The summed E-state index contributed by atoms with van der Waals surface area (Å²) in [5.41, 5.74) is 2.12. The molecule has 3 aromatic rings. The second kappa shape index (κ2) is 6.48. The van der Waals surface area contributed by atoms with Gasteiger partial charge < -0.3 is 0 Å². The summed E-state index contributed by atoms with van der Waals surface area (Å²) < 4.78 is 28.2. The van der Waals surface area contributed by atoms with E-state index in [1.54, 1.807) is 24.3 Å². The number of hydrogen-bond acceptors (Lipinski definition) is 3. The molecule has 0 N–H and O–H groups in total. The summed E-state index contributed by atoms with van der Waals surface area (Å²) in [6.07, 6.45) is 1.41. The molecule has 0 aliphatic heterocycles. The molecule has 2 aromatic carbocycles. The highest BCUT2D eigenvalue weighted by atomic mass is 32.2. The maximum Gasteiger partial charge on any atom is 0.282 e. The summed E-state index contributed by atoms with van der Waals surface area (Å²) in [6.45, 7) is 1.91. The lowest BCUT2D eigenvalue weighted by Crippen LogP contribution is -1.97. The van der Waals surface area contributed by atoms with Crippen LogP contribution in [0.5, 0.6) is 0 Å². The molecule has 0 unspecified atom stereocenters. The van der Waals surface area contributed by atoms with Crippen molar-refractivity contribution < 1.29 is 8.42 Å². The van der Waals surface area contributed by atoms with E-state index < -0.39 is 10.0 Å². The zero-order valence-electron chi connectivity index (χ0n) is 12.5. The Labute approximate surface area is 140 Å². The lowest BCUT2D eigenvalue weighted by atomic mass is 10.2. The molecule has 1 heterocycles. The average Bonchev–Trinajstić information content (AvgIpc) is 3.03. The smallest absolute Gasteiger partial charge is 0.199 e. The highest BCUT2D eigenvalue weighted by molar-refractivity contribution is 7.90. The van der Waals surface area contributed by atoms with Crippen molar-refractivity contribution in [3.8, 4) is 10.4 Å². The fourth-order valence-corrected chi connectivity index (χ4v) is 3.88. The Morgan fingerprint density at radius 3 is 2.30 bits per heavy atom. The first-order chi connectivity index (χ1) is 11.0. The van der Waals surface area contributed by atoms with E-state index in [1.807, 2.05) is 49.4 Å². The minimum absolute atomic E-state index is 0.208. The van der Waals surface area contributed by atoms with Crippen LogP contribution in [0.3, 0.4) is 0 Å². The van der Waals surface area contributed by atoms with E-state index in [4.69, 9.17) is 0 Å². The minimum Gasteiger partial charge on any atom is -0.199 e. The summed E-state index contributed by atoms with van der Waals surface area (Å²) in [4.78, 5) is 2.10. The van der Waals surface area contributed by atoms with Crippen molar-refractivity contribution in [1.29, 1.82) is 0 Å². The van der Waals surface area contributed by atoms with Crippen molar-refractivity contribution in [2.45, 2.75) is 11.8 Å². The molecular formula is C18H15NO2S2. The van der Waals surface area contributed by atoms with Gasteiger partial charge in [-0.25, -0.2) is 0 Å². The molecule has 0 saturated heterocycles. The van der Waals surface area contributed by atoms with Crippen LogP contribution in [-0.2, 0) is 10.0 Å². The zero-order valence-corrected chi connectivity index (χ0v) is 14.1. The normalized spacial score (nSPS) is 11.9. The third kappa shape index (κ3) is 3.75. The summed E-state index contributed by atoms with van der Waals surface area (Å²) in [7, 11) is -3.65. The van der Waals surface area contributed by atoms with E-state index in [9.17, 15) is 8.42 Å². The molecule has 0 amide bonds. The number of aryl methyl sites for hydroxylation is 1. The van der Waals surface area contributed by atoms with Gasteiger partial charge in [0.1, 0.15) is 0 Å². The number of benzene rings is 2. The first-order valence-corrected chi connectivity index (χ1v) is 9.32. The summed E-state index contributed by atoms with van der Waals surface area (Å²) in [5, 5.41) is 0. The molecule has 116 valence electrons. The van der Waals surface area contributed by atoms with Crippen LogP contribution in [-0.4, -0.2) is 14.6 Å². The van der Waals surface area contributed by atoms with Crippen molar-refractivity contribution in [3.05, 3.63) is 77.2 Å². The molecule has 0 radical (unpaired) electrons. The number of hydrogen-bond donors (Lipinski definition) is 0. The second-order valence-electron chi connectivity index (χ2n) is 5.09. The fourth-order valence-electron chi connectivity index (χ4n) is 2.07. The molecule has 0 saturated carbocycles. The summed E-state index contributed by atoms with van der Waals surface area (Å²) in [5.74, 6) is 0. The van der Waals surface area contributed by atoms with Gasteiger partial charge in [0.25, 0.3) is 10.0 Å². The van der Waals surface area contributed by atoms with Crippen LogP contribution >= 0.6 is 11.3 Å². The van der Waals surface area contributed by atoms with Gasteiger partial charge in [0.05, 0.1) is 11.1 Å². The highest BCUT2D eigenvalue weighted by Crippen LogP contribution is 2.27. The van der Waals surface area contributed by atoms with Gasteiger partial charge in [-0.05, 0) is 36.8 Å². The molecule has 0 aliphatic rings. The molecule has 0 bridgehead atoms. The molecule has 23 heavy (non-hydrogen) atoms. The van der Waals surface area contributed by atoms with Crippen molar-refractivity contribution >= 4 is 27.6 Å². The first-order valence-electron chi connectivity index (χ1n) is 7.07. The summed E-state index contributed by atoms with van der Waals surface area (Å²) >= 11 is 1.51. The van der Waals surface area contributed by atoms with Crippen LogP contribution in [0.2, 0.25) is 0 Å². The van der Waals surface area contributed by atoms with Gasteiger partial charge >= 0.3 is 0 Å². The van der Waals surface area contributed by atoms with Crippen LogP contribution in [0, 0.1) is 6.92 Å². The van der Waals surface area contributed by atoms with Crippen molar-refractivity contribution in [2.75, 3.05) is 0 Å². The monoisotopic (exact) mass is 341 g/mol. The standard InChI is InChI=1S/C18H15NO2S2/c1-14-7-10-17(11-8-14)23(20,21)19-13-16-9-12-18(22-16)15-5-3-2-4-6-15/h2-13H,1H3. The molecule has 3 rings (SSSR count). The highest BCUT2D eigenvalue weighted by Gasteiger charge is 2.11. The van der Waals surface area contributed by atoms with Crippen LogP contribution in [0.4, 0.5) is 0 Å². The predicted molar refractivity (Wildman–Crippen MR) is 95.7 cm³/mol. The molecule has 3 nitrogen and oxygen atoms in total. The van der Waals surface area contributed by atoms with Gasteiger partial charge in [-0.3, -0.25) is 0 Å². The van der Waals surface area contributed by atoms with Gasteiger partial charge in [0.15, 0.2) is 0 Å². The molecule has 0 atom stereocenters. The SMILES string of the molecule is Cc1ccc(S(=O)(=O)N=Cc2ccc(-c3ccccc3)s2)cc1. The molecule has 5 heteroatoms. The van der Waals surface area contributed by atoms with Crippen LogP contribution in [0.25, 0.3) is 10.4 Å². The Morgan fingerprint density at radius 1 is 0.913 bits per heavy atom. The molecule has 1 aromatic heterocycles. The van der Waals surface area contributed by atoms with Crippen molar-refractivity contribution in [1.82, 2.24) is 0 Å². The van der Waals surface area contributed by atoms with Gasteiger partial charge in [0, 0.05) is 9.75 Å². The van der Waals surface area contributed by atoms with E-state index >= 15 is 0 Å². The Balaban J connectivity index is 1.83. The van der Waals surface area contributed by atoms with E-state index in [-0.39, 0.29) is 4.90 Å². The fraction of sp³-hybridized carbons (Fsp3) is 0.0556. The Morgan fingerprint density at radius 2 is 1.61 bits per heavy atom. The van der Waals surface area contributed by atoms with Crippen LogP contribution in [0.1, 0.15) is 10.4 Å². The van der Waals surface area contributed by atoms with Gasteiger partial charge in [-0.1, -0.05) is 48.0 Å². The van der Waals surface area contributed by atoms with Crippen molar-refractivity contribution in [3.63, 3.8) is 0 Å². The minimum atomic E-state index is -3.65. The predicted octanol–water partition coefficient (Wildman–Crippen LogP) is 4.53. The Bertz CT molecular complexity index is 925. The van der Waals surface area contributed by atoms with Gasteiger partial charge in [-0.15, -0.1) is 11.3 Å². The zero-order chi connectivity index (χ0) is 16.3. The third-order valence-electron chi connectivity index (χ3n) is 3.32. The van der Waals surface area contributed by atoms with Crippen LogP contribution < -0.4 is 0 Å². The van der Waals surface area contributed by atoms with E-state index in [1.165, 1.54) is 17.6 Å². The Kier molecular flexibility index (Phi) is 4.41. The quantitative estimate of drug-likeness (QED) is 0.655. The average molecular weight is 341 g/mol. The maximum atomic E-state index is 12.2.